The molecule has 90 valence electrons. The average Bonchev–Trinajstić information content (AvgIpc) is 2.23. The summed E-state index contributed by atoms with van der Waals surface area (Å²) in [4.78, 5) is 0. The van der Waals surface area contributed by atoms with Crippen LogP contribution in [0.2, 0.25) is 10.0 Å². The molecule has 0 aliphatic rings. The third-order valence-corrected chi connectivity index (χ3v) is 2.82. The van der Waals surface area contributed by atoms with E-state index in [0.717, 1.165) is 12.0 Å². The molecule has 0 saturated carbocycles. The summed E-state index contributed by atoms with van der Waals surface area (Å²) >= 11 is 12.1. The lowest BCUT2D eigenvalue weighted by molar-refractivity contribution is 0.166. The van der Waals surface area contributed by atoms with E-state index in [0.29, 0.717) is 28.8 Å². The third-order valence-electron chi connectivity index (χ3n) is 2.26. The quantitative estimate of drug-likeness (QED) is 0.861. The minimum Gasteiger partial charge on any atom is -0.491 e. The zero-order valence-corrected chi connectivity index (χ0v) is 11.0. The fraction of sp³-hybridized carbons (Fsp3) is 0.500. The molecular weight excluding hydrogens is 247 g/mol. The van der Waals surface area contributed by atoms with Crippen LogP contribution in [0, 0.1) is 0 Å². The summed E-state index contributed by atoms with van der Waals surface area (Å²) < 4.78 is 5.32. The molecule has 0 saturated heterocycles. The van der Waals surface area contributed by atoms with Crippen molar-refractivity contribution in [2.75, 3.05) is 6.61 Å². The van der Waals surface area contributed by atoms with Gasteiger partial charge in [0, 0.05) is 0 Å². The van der Waals surface area contributed by atoms with Crippen LogP contribution in [-0.2, 0) is 0 Å². The van der Waals surface area contributed by atoms with Crippen LogP contribution < -0.4 is 4.74 Å². The minimum absolute atomic E-state index is 0.444. The molecule has 1 aromatic rings. The summed E-state index contributed by atoms with van der Waals surface area (Å²) in [5.74, 6) is 0.485. The van der Waals surface area contributed by atoms with E-state index in [9.17, 15) is 5.11 Å². The molecule has 0 fully saturated rings. The lowest BCUT2D eigenvalue weighted by atomic mass is 10.1. The molecule has 0 radical (unpaired) electrons. The number of hydrogen-bond acceptors (Lipinski definition) is 2. The standard InChI is InChI=1S/C12H16Cl2O2/c1-3-5-11(15)8-6-9(13)12(16-4-2)10(14)7-8/h6-7,11,15H,3-5H2,1-2H3. The molecule has 1 unspecified atom stereocenters. The molecule has 0 aliphatic heterocycles. The van der Waals surface area contributed by atoms with Gasteiger partial charge in [0.2, 0.25) is 0 Å². The van der Waals surface area contributed by atoms with E-state index < -0.39 is 6.10 Å². The Morgan fingerprint density at radius 3 is 2.25 bits per heavy atom. The van der Waals surface area contributed by atoms with Gasteiger partial charge in [-0.05, 0) is 31.0 Å². The molecule has 0 aliphatic carbocycles. The Hall–Kier alpha value is -0.440. The van der Waals surface area contributed by atoms with Gasteiger partial charge >= 0.3 is 0 Å². The van der Waals surface area contributed by atoms with Crippen molar-refractivity contribution in [1.82, 2.24) is 0 Å². The molecular formula is C12H16Cl2O2. The fourth-order valence-corrected chi connectivity index (χ4v) is 2.11. The molecule has 0 aromatic heterocycles. The minimum atomic E-state index is -0.518. The van der Waals surface area contributed by atoms with Crippen molar-refractivity contribution in [3.63, 3.8) is 0 Å². The smallest absolute Gasteiger partial charge is 0.156 e. The van der Waals surface area contributed by atoms with Crippen molar-refractivity contribution in [1.29, 1.82) is 0 Å². The van der Waals surface area contributed by atoms with E-state index in [1.165, 1.54) is 0 Å². The number of halogens is 2. The topological polar surface area (TPSA) is 29.5 Å². The normalized spacial score (nSPS) is 12.6. The van der Waals surface area contributed by atoms with Crippen molar-refractivity contribution >= 4 is 23.2 Å². The molecule has 0 bridgehead atoms. The van der Waals surface area contributed by atoms with Gasteiger partial charge in [-0.1, -0.05) is 36.5 Å². The van der Waals surface area contributed by atoms with E-state index in [4.69, 9.17) is 27.9 Å². The highest BCUT2D eigenvalue weighted by atomic mass is 35.5. The molecule has 4 heteroatoms. The molecule has 2 nitrogen and oxygen atoms in total. The van der Waals surface area contributed by atoms with Crippen molar-refractivity contribution in [3.8, 4) is 5.75 Å². The highest BCUT2D eigenvalue weighted by molar-refractivity contribution is 6.37. The Balaban J connectivity index is 2.99. The molecule has 1 atom stereocenters. The molecule has 1 rings (SSSR count). The summed E-state index contributed by atoms with van der Waals surface area (Å²) in [5.41, 5.74) is 0.736. The van der Waals surface area contributed by atoms with Gasteiger partial charge in [0.15, 0.2) is 5.75 Å². The molecule has 1 N–H and O–H groups in total. The highest BCUT2D eigenvalue weighted by Gasteiger charge is 2.13. The van der Waals surface area contributed by atoms with Crippen LogP contribution in [0.4, 0.5) is 0 Å². The van der Waals surface area contributed by atoms with Crippen molar-refractivity contribution in [3.05, 3.63) is 27.7 Å². The highest BCUT2D eigenvalue weighted by Crippen LogP contribution is 2.36. The van der Waals surface area contributed by atoms with Gasteiger partial charge in [-0.3, -0.25) is 0 Å². The first-order valence-electron chi connectivity index (χ1n) is 5.39. The summed E-state index contributed by atoms with van der Waals surface area (Å²) in [6, 6.07) is 3.41. The van der Waals surface area contributed by atoms with Crippen LogP contribution in [0.25, 0.3) is 0 Å². The Morgan fingerprint density at radius 2 is 1.81 bits per heavy atom. The maximum atomic E-state index is 9.83. The van der Waals surface area contributed by atoms with E-state index >= 15 is 0 Å². The second-order valence-corrected chi connectivity index (χ2v) is 4.37. The molecule has 0 amide bonds. The monoisotopic (exact) mass is 262 g/mol. The van der Waals surface area contributed by atoms with Gasteiger partial charge in [-0.25, -0.2) is 0 Å². The van der Waals surface area contributed by atoms with Crippen molar-refractivity contribution in [2.24, 2.45) is 0 Å². The zero-order chi connectivity index (χ0) is 12.1. The Labute approximate surface area is 106 Å². The van der Waals surface area contributed by atoms with E-state index in [1.807, 2.05) is 13.8 Å². The van der Waals surface area contributed by atoms with Crippen LogP contribution in [0.1, 0.15) is 38.4 Å². The lowest BCUT2D eigenvalue weighted by Gasteiger charge is -2.14. The summed E-state index contributed by atoms with van der Waals surface area (Å²) in [6.45, 7) is 4.39. The maximum Gasteiger partial charge on any atom is 0.156 e. The molecule has 16 heavy (non-hydrogen) atoms. The van der Waals surface area contributed by atoms with Gasteiger partial charge in [0.25, 0.3) is 0 Å². The molecule has 0 heterocycles. The Kier molecular flexibility index (Phi) is 5.39. The van der Waals surface area contributed by atoms with Gasteiger partial charge < -0.3 is 9.84 Å². The van der Waals surface area contributed by atoms with E-state index in [2.05, 4.69) is 0 Å². The van der Waals surface area contributed by atoms with E-state index in [1.54, 1.807) is 12.1 Å². The number of hydrogen-bond donors (Lipinski definition) is 1. The van der Waals surface area contributed by atoms with Crippen molar-refractivity contribution < 1.29 is 9.84 Å². The van der Waals surface area contributed by atoms with Crippen LogP contribution in [-0.4, -0.2) is 11.7 Å². The lowest BCUT2D eigenvalue weighted by Crippen LogP contribution is -1.99. The van der Waals surface area contributed by atoms with Crippen LogP contribution in [0.15, 0.2) is 12.1 Å². The second-order valence-electron chi connectivity index (χ2n) is 3.55. The first kappa shape index (κ1) is 13.6. The van der Waals surface area contributed by atoms with Gasteiger partial charge in [-0.2, -0.15) is 0 Å². The predicted molar refractivity (Wildman–Crippen MR) is 67.5 cm³/mol. The van der Waals surface area contributed by atoms with Gasteiger partial charge in [-0.15, -0.1) is 0 Å². The zero-order valence-electron chi connectivity index (χ0n) is 9.46. The average molecular weight is 263 g/mol. The van der Waals surface area contributed by atoms with Crippen LogP contribution in [0.3, 0.4) is 0 Å². The Bertz CT molecular complexity index is 330. The first-order chi connectivity index (χ1) is 7.60. The van der Waals surface area contributed by atoms with Crippen molar-refractivity contribution in [2.45, 2.75) is 32.8 Å². The SMILES string of the molecule is CCCC(O)c1cc(Cl)c(OCC)c(Cl)c1. The molecule has 1 aromatic carbocycles. The Morgan fingerprint density at radius 1 is 1.25 bits per heavy atom. The van der Waals surface area contributed by atoms with E-state index in [-0.39, 0.29) is 0 Å². The number of ether oxygens (including phenoxy) is 1. The summed E-state index contributed by atoms with van der Waals surface area (Å²) in [5, 5.41) is 10.7. The fourth-order valence-electron chi connectivity index (χ4n) is 1.49. The van der Waals surface area contributed by atoms with Crippen LogP contribution in [0.5, 0.6) is 5.75 Å². The number of rotatable bonds is 5. The first-order valence-corrected chi connectivity index (χ1v) is 6.15. The summed E-state index contributed by atoms with van der Waals surface area (Å²) in [7, 11) is 0. The number of benzene rings is 1. The predicted octanol–water partition coefficient (Wildman–Crippen LogP) is 4.23. The maximum absolute atomic E-state index is 9.83. The second kappa shape index (κ2) is 6.33. The third kappa shape index (κ3) is 3.27. The summed E-state index contributed by atoms with van der Waals surface area (Å²) in [6.07, 6.45) is 1.08. The molecule has 0 spiro atoms. The van der Waals surface area contributed by atoms with Gasteiger partial charge in [0.1, 0.15) is 0 Å². The largest absolute Gasteiger partial charge is 0.491 e. The van der Waals surface area contributed by atoms with Crippen LogP contribution >= 0.6 is 23.2 Å². The number of aliphatic hydroxyl groups is 1. The van der Waals surface area contributed by atoms with Gasteiger partial charge in [0.05, 0.1) is 22.8 Å². The number of aliphatic hydroxyl groups excluding tert-OH is 1.